The lowest BCUT2D eigenvalue weighted by molar-refractivity contribution is 0.0528. The van der Waals surface area contributed by atoms with E-state index in [2.05, 4.69) is 10.2 Å². The third kappa shape index (κ3) is 1.35. The summed E-state index contributed by atoms with van der Waals surface area (Å²) < 4.78 is 4.92. The van der Waals surface area contributed by atoms with Gasteiger partial charge in [0.25, 0.3) is 0 Å². The van der Waals surface area contributed by atoms with E-state index in [4.69, 9.17) is 4.74 Å². The number of nitrogens with one attached hydrogen (secondary N) is 1. The van der Waals surface area contributed by atoms with Crippen molar-refractivity contribution in [3.8, 4) is 0 Å². The molecule has 0 aliphatic carbocycles. The summed E-state index contributed by atoms with van der Waals surface area (Å²) in [5.74, 6) is -0.317. The van der Waals surface area contributed by atoms with Crippen molar-refractivity contribution in [1.29, 1.82) is 0 Å². The maximum Gasteiger partial charge on any atom is 0.340 e. The topological polar surface area (TPSA) is 55.0 Å². The fourth-order valence-electron chi connectivity index (χ4n) is 1.35. The molecule has 0 radical (unpaired) electrons. The first-order valence-corrected chi connectivity index (χ1v) is 4.42. The second-order valence-electron chi connectivity index (χ2n) is 2.86. The van der Waals surface area contributed by atoms with Crippen LogP contribution in [0, 0.1) is 0 Å². The number of hydrogen-bond donors (Lipinski definition) is 1. The zero-order chi connectivity index (χ0) is 9.97. The lowest BCUT2D eigenvalue weighted by atomic mass is 10.1. The average Bonchev–Trinajstić information content (AvgIpc) is 2.65. The van der Waals surface area contributed by atoms with Crippen molar-refractivity contribution in [3.05, 3.63) is 30.0 Å². The van der Waals surface area contributed by atoms with E-state index in [0.29, 0.717) is 12.2 Å². The normalized spacial score (nSPS) is 10.4. The van der Waals surface area contributed by atoms with Crippen molar-refractivity contribution in [2.24, 2.45) is 0 Å². The monoisotopic (exact) mass is 190 g/mol. The first kappa shape index (κ1) is 8.74. The molecule has 0 aliphatic heterocycles. The highest BCUT2D eigenvalue weighted by Gasteiger charge is 2.11. The van der Waals surface area contributed by atoms with Crippen molar-refractivity contribution >= 4 is 16.9 Å². The quantitative estimate of drug-likeness (QED) is 0.734. The van der Waals surface area contributed by atoms with Gasteiger partial charge < -0.3 is 4.74 Å². The van der Waals surface area contributed by atoms with Crippen LogP contribution >= 0.6 is 0 Å². The Morgan fingerprint density at radius 3 is 3.21 bits per heavy atom. The van der Waals surface area contributed by atoms with Gasteiger partial charge in [0.05, 0.1) is 23.9 Å². The molecule has 1 heterocycles. The summed E-state index contributed by atoms with van der Waals surface area (Å²) in [4.78, 5) is 11.5. The molecule has 0 fully saturated rings. The van der Waals surface area contributed by atoms with Gasteiger partial charge in [-0.1, -0.05) is 12.1 Å². The molecule has 1 N–H and O–H groups in total. The van der Waals surface area contributed by atoms with E-state index >= 15 is 0 Å². The van der Waals surface area contributed by atoms with Crippen LogP contribution in [0.25, 0.3) is 10.9 Å². The van der Waals surface area contributed by atoms with E-state index in [1.807, 2.05) is 12.1 Å². The molecule has 0 atom stereocenters. The Bertz CT molecular complexity index is 462. The first-order valence-electron chi connectivity index (χ1n) is 4.42. The van der Waals surface area contributed by atoms with E-state index in [0.717, 1.165) is 10.9 Å². The number of benzene rings is 1. The van der Waals surface area contributed by atoms with Crippen LogP contribution in [0.15, 0.2) is 24.4 Å². The molecule has 0 unspecified atom stereocenters. The van der Waals surface area contributed by atoms with Crippen LogP contribution in [-0.4, -0.2) is 22.8 Å². The van der Waals surface area contributed by atoms with Gasteiger partial charge in [-0.15, -0.1) is 0 Å². The second kappa shape index (κ2) is 3.49. The van der Waals surface area contributed by atoms with Crippen molar-refractivity contribution in [1.82, 2.24) is 10.2 Å². The van der Waals surface area contributed by atoms with Gasteiger partial charge in [-0.25, -0.2) is 4.79 Å². The number of fused-ring (bicyclic) bond motifs is 1. The van der Waals surface area contributed by atoms with Crippen molar-refractivity contribution in [2.45, 2.75) is 6.92 Å². The molecule has 0 bridgehead atoms. The minimum absolute atomic E-state index is 0.317. The SMILES string of the molecule is CCOC(=O)c1cccc2cn[nH]c12. The minimum Gasteiger partial charge on any atom is -0.462 e. The van der Waals surface area contributed by atoms with Crippen LogP contribution in [0.1, 0.15) is 17.3 Å². The largest absolute Gasteiger partial charge is 0.462 e. The van der Waals surface area contributed by atoms with Gasteiger partial charge in [0, 0.05) is 5.39 Å². The third-order valence-corrected chi connectivity index (χ3v) is 1.97. The van der Waals surface area contributed by atoms with E-state index in [-0.39, 0.29) is 5.97 Å². The number of carbonyl (C=O) groups is 1. The molecule has 4 heteroatoms. The van der Waals surface area contributed by atoms with E-state index in [1.165, 1.54) is 0 Å². The molecule has 2 aromatic rings. The summed E-state index contributed by atoms with van der Waals surface area (Å²) in [6.45, 7) is 2.16. The van der Waals surface area contributed by atoms with Crippen LogP contribution in [0.5, 0.6) is 0 Å². The van der Waals surface area contributed by atoms with Gasteiger partial charge in [0.1, 0.15) is 0 Å². The smallest absolute Gasteiger partial charge is 0.340 e. The lowest BCUT2D eigenvalue weighted by Gasteiger charge is -2.01. The summed E-state index contributed by atoms with van der Waals surface area (Å²) in [7, 11) is 0. The number of aromatic amines is 1. The predicted octanol–water partition coefficient (Wildman–Crippen LogP) is 1.74. The highest BCUT2D eigenvalue weighted by atomic mass is 16.5. The van der Waals surface area contributed by atoms with E-state index < -0.39 is 0 Å². The molecule has 0 aliphatic rings. The zero-order valence-electron chi connectivity index (χ0n) is 7.78. The Morgan fingerprint density at radius 2 is 2.43 bits per heavy atom. The van der Waals surface area contributed by atoms with Crippen LogP contribution < -0.4 is 0 Å². The van der Waals surface area contributed by atoms with Gasteiger partial charge in [-0.3, -0.25) is 5.10 Å². The van der Waals surface area contributed by atoms with Crippen LogP contribution in [0.4, 0.5) is 0 Å². The number of esters is 1. The second-order valence-corrected chi connectivity index (χ2v) is 2.86. The molecule has 0 amide bonds. The molecule has 14 heavy (non-hydrogen) atoms. The van der Waals surface area contributed by atoms with Crippen LogP contribution in [0.3, 0.4) is 0 Å². The minimum atomic E-state index is -0.317. The number of H-pyrrole nitrogens is 1. The number of hydrogen-bond acceptors (Lipinski definition) is 3. The molecular formula is C10H10N2O2. The highest BCUT2D eigenvalue weighted by molar-refractivity contribution is 6.02. The Labute approximate surface area is 80.9 Å². The van der Waals surface area contributed by atoms with E-state index in [9.17, 15) is 4.79 Å². The van der Waals surface area contributed by atoms with Gasteiger partial charge >= 0.3 is 5.97 Å². The van der Waals surface area contributed by atoms with Crippen molar-refractivity contribution in [3.63, 3.8) is 0 Å². The maximum atomic E-state index is 11.5. The molecule has 0 saturated carbocycles. The van der Waals surface area contributed by atoms with Gasteiger partial charge in [-0.2, -0.15) is 5.10 Å². The average molecular weight is 190 g/mol. The lowest BCUT2D eigenvalue weighted by Crippen LogP contribution is -2.05. The molecular weight excluding hydrogens is 180 g/mol. The predicted molar refractivity (Wildman–Crippen MR) is 52.1 cm³/mol. The summed E-state index contributed by atoms with van der Waals surface area (Å²) in [6.07, 6.45) is 1.68. The Hall–Kier alpha value is -1.84. The molecule has 1 aromatic carbocycles. The van der Waals surface area contributed by atoms with Gasteiger partial charge in [0.15, 0.2) is 0 Å². The number of aromatic nitrogens is 2. The first-order chi connectivity index (χ1) is 6.83. The molecule has 4 nitrogen and oxygen atoms in total. The Kier molecular flexibility index (Phi) is 2.18. The van der Waals surface area contributed by atoms with Gasteiger partial charge in [0.2, 0.25) is 0 Å². The summed E-state index contributed by atoms with van der Waals surface area (Å²) in [6, 6.07) is 5.42. The summed E-state index contributed by atoms with van der Waals surface area (Å²) >= 11 is 0. The number of carbonyl (C=O) groups excluding carboxylic acids is 1. The fourth-order valence-corrected chi connectivity index (χ4v) is 1.35. The number of rotatable bonds is 2. The standard InChI is InChI=1S/C10H10N2O2/c1-2-14-10(13)8-5-3-4-7-6-11-12-9(7)8/h3-6H,2H2,1H3,(H,11,12). The Balaban J connectivity index is 2.50. The number of ether oxygens (including phenoxy) is 1. The number of para-hydroxylation sites is 1. The van der Waals surface area contributed by atoms with E-state index in [1.54, 1.807) is 19.2 Å². The summed E-state index contributed by atoms with van der Waals surface area (Å²) in [5.41, 5.74) is 1.26. The third-order valence-electron chi connectivity index (χ3n) is 1.97. The molecule has 2 rings (SSSR count). The summed E-state index contributed by atoms with van der Waals surface area (Å²) in [5, 5.41) is 7.56. The Morgan fingerprint density at radius 1 is 1.57 bits per heavy atom. The van der Waals surface area contributed by atoms with Gasteiger partial charge in [-0.05, 0) is 13.0 Å². The molecule has 0 saturated heterocycles. The fraction of sp³-hybridized carbons (Fsp3) is 0.200. The van der Waals surface area contributed by atoms with Crippen molar-refractivity contribution < 1.29 is 9.53 Å². The zero-order valence-corrected chi connectivity index (χ0v) is 7.78. The molecule has 0 spiro atoms. The molecule has 1 aromatic heterocycles. The van der Waals surface area contributed by atoms with Crippen LogP contribution in [0.2, 0.25) is 0 Å². The molecule has 72 valence electrons. The van der Waals surface area contributed by atoms with Crippen molar-refractivity contribution in [2.75, 3.05) is 6.61 Å². The van der Waals surface area contributed by atoms with Crippen LogP contribution in [-0.2, 0) is 4.74 Å². The maximum absolute atomic E-state index is 11.5. The highest BCUT2D eigenvalue weighted by Crippen LogP contribution is 2.16. The number of nitrogens with zero attached hydrogens (tertiary/aromatic N) is 1.